The first-order valence-electron chi connectivity index (χ1n) is 8.04. The van der Waals surface area contributed by atoms with Crippen LogP contribution in [0, 0.1) is 5.92 Å². The Bertz CT molecular complexity index is 431. The van der Waals surface area contributed by atoms with Crippen LogP contribution in [-0.4, -0.2) is 66.9 Å². The lowest BCUT2D eigenvalue weighted by molar-refractivity contribution is 0.0440. The fraction of sp³-hybridized carbons (Fsp3) is 0.647. The summed E-state index contributed by atoms with van der Waals surface area (Å²) in [4.78, 5) is 4.81. The molecule has 1 unspecified atom stereocenters. The number of β-amino-alcohol motifs (C(OH)–C–C–N with tert-alkyl or cyclic N) is 1. The molecule has 4 nitrogen and oxygen atoms in total. The number of piperazine rings is 1. The summed E-state index contributed by atoms with van der Waals surface area (Å²) in [5, 5.41) is 10.8. The van der Waals surface area contributed by atoms with E-state index in [1.165, 1.54) is 0 Å². The summed E-state index contributed by atoms with van der Waals surface area (Å²) in [5.41, 5.74) is 0. The highest BCUT2D eigenvalue weighted by atomic mass is 35.5. The van der Waals surface area contributed by atoms with E-state index in [1.807, 2.05) is 12.1 Å². The van der Waals surface area contributed by atoms with Crippen LogP contribution in [-0.2, 0) is 0 Å². The lowest BCUT2D eigenvalue weighted by atomic mass is 10.2. The van der Waals surface area contributed by atoms with E-state index in [0.29, 0.717) is 24.1 Å². The molecule has 1 atom stereocenters. The maximum atomic E-state index is 10.1. The highest BCUT2D eigenvalue weighted by Gasteiger charge is 2.19. The summed E-state index contributed by atoms with van der Waals surface area (Å²) in [7, 11) is 0. The van der Waals surface area contributed by atoms with Crippen molar-refractivity contribution < 1.29 is 9.84 Å². The fourth-order valence-electron chi connectivity index (χ4n) is 2.74. The third kappa shape index (κ3) is 6.13. The zero-order valence-electron chi connectivity index (χ0n) is 13.5. The number of aliphatic hydroxyl groups excluding tert-OH is 1. The SMILES string of the molecule is CC(C)CN1CCN(CC(O)COc2ccc(Cl)cc2)CC1. The average molecular weight is 327 g/mol. The molecule has 2 rings (SSSR count). The number of aliphatic hydroxyl groups is 1. The summed E-state index contributed by atoms with van der Waals surface area (Å²) in [6.45, 7) is 10.9. The molecule has 0 radical (unpaired) electrons. The first kappa shape index (κ1) is 17.5. The maximum absolute atomic E-state index is 10.1. The molecule has 1 aliphatic rings. The van der Waals surface area contributed by atoms with Gasteiger partial charge in [0, 0.05) is 44.3 Å². The molecule has 0 aliphatic carbocycles. The van der Waals surface area contributed by atoms with Gasteiger partial charge in [-0.3, -0.25) is 4.90 Å². The van der Waals surface area contributed by atoms with Gasteiger partial charge in [0.2, 0.25) is 0 Å². The molecular weight excluding hydrogens is 300 g/mol. The number of benzene rings is 1. The molecule has 1 heterocycles. The van der Waals surface area contributed by atoms with Crippen LogP contribution < -0.4 is 4.74 Å². The molecule has 1 saturated heterocycles. The summed E-state index contributed by atoms with van der Waals surface area (Å²) in [6, 6.07) is 7.22. The van der Waals surface area contributed by atoms with Crippen molar-refractivity contribution in [1.29, 1.82) is 0 Å². The molecular formula is C17H27ClN2O2. The second kappa shape index (κ2) is 8.73. The predicted molar refractivity (Wildman–Crippen MR) is 90.7 cm³/mol. The quantitative estimate of drug-likeness (QED) is 0.834. The monoisotopic (exact) mass is 326 g/mol. The highest BCUT2D eigenvalue weighted by Crippen LogP contribution is 2.15. The Morgan fingerprint density at radius 3 is 2.14 bits per heavy atom. The third-order valence-corrected chi connectivity index (χ3v) is 4.07. The van der Waals surface area contributed by atoms with Gasteiger partial charge >= 0.3 is 0 Å². The number of rotatable bonds is 7. The molecule has 1 N–H and O–H groups in total. The molecule has 1 fully saturated rings. The molecule has 0 aromatic heterocycles. The number of hydrogen-bond donors (Lipinski definition) is 1. The largest absolute Gasteiger partial charge is 0.491 e. The zero-order chi connectivity index (χ0) is 15.9. The van der Waals surface area contributed by atoms with E-state index < -0.39 is 6.10 Å². The van der Waals surface area contributed by atoms with Gasteiger partial charge < -0.3 is 14.7 Å². The Morgan fingerprint density at radius 2 is 1.59 bits per heavy atom. The first-order chi connectivity index (χ1) is 10.5. The zero-order valence-corrected chi connectivity index (χ0v) is 14.3. The minimum Gasteiger partial charge on any atom is -0.491 e. The van der Waals surface area contributed by atoms with Crippen LogP contribution >= 0.6 is 11.6 Å². The van der Waals surface area contributed by atoms with Crippen LogP contribution in [0.1, 0.15) is 13.8 Å². The second-order valence-corrected chi connectivity index (χ2v) is 6.85. The fourth-order valence-corrected chi connectivity index (χ4v) is 2.87. The number of ether oxygens (including phenoxy) is 1. The Hall–Kier alpha value is -0.810. The molecule has 0 amide bonds. The van der Waals surface area contributed by atoms with Crippen LogP contribution in [0.3, 0.4) is 0 Å². The van der Waals surface area contributed by atoms with Gasteiger partial charge in [-0.15, -0.1) is 0 Å². The van der Waals surface area contributed by atoms with E-state index in [0.717, 1.165) is 38.5 Å². The van der Waals surface area contributed by atoms with Crippen LogP contribution in [0.5, 0.6) is 5.75 Å². The van der Waals surface area contributed by atoms with Gasteiger partial charge in [0.25, 0.3) is 0 Å². The molecule has 22 heavy (non-hydrogen) atoms. The van der Waals surface area contributed by atoms with Crippen molar-refractivity contribution in [3.63, 3.8) is 0 Å². The van der Waals surface area contributed by atoms with Gasteiger partial charge in [-0.2, -0.15) is 0 Å². The average Bonchev–Trinajstić information content (AvgIpc) is 2.48. The van der Waals surface area contributed by atoms with Crippen molar-refractivity contribution in [1.82, 2.24) is 9.80 Å². The van der Waals surface area contributed by atoms with Gasteiger partial charge in [-0.1, -0.05) is 25.4 Å². The van der Waals surface area contributed by atoms with Crippen molar-refractivity contribution >= 4 is 11.6 Å². The van der Waals surface area contributed by atoms with Crippen LogP contribution in [0.15, 0.2) is 24.3 Å². The normalized spacial score (nSPS) is 18.6. The molecule has 0 bridgehead atoms. The van der Waals surface area contributed by atoms with E-state index >= 15 is 0 Å². The van der Waals surface area contributed by atoms with Gasteiger partial charge in [0.05, 0.1) is 0 Å². The minimum atomic E-state index is -0.465. The van der Waals surface area contributed by atoms with E-state index in [-0.39, 0.29) is 0 Å². The minimum absolute atomic E-state index is 0.313. The van der Waals surface area contributed by atoms with Gasteiger partial charge in [0.15, 0.2) is 0 Å². The van der Waals surface area contributed by atoms with Gasteiger partial charge in [-0.25, -0.2) is 0 Å². The number of nitrogens with zero attached hydrogens (tertiary/aromatic N) is 2. The molecule has 1 aromatic rings. The molecule has 0 saturated carbocycles. The van der Waals surface area contributed by atoms with Crippen molar-refractivity contribution in [3.05, 3.63) is 29.3 Å². The first-order valence-corrected chi connectivity index (χ1v) is 8.42. The predicted octanol–water partition coefficient (Wildman–Crippen LogP) is 2.35. The van der Waals surface area contributed by atoms with E-state index in [1.54, 1.807) is 12.1 Å². The van der Waals surface area contributed by atoms with E-state index in [4.69, 9.17) is 16.3 Å². The number of hydrogen-bond acceptors (Lipinski definition) is 4. The number of halogens is 1. The summed E-state index contributed by atoms with van der Waals surface area (Å²) in [5.74, 6) is 1.45. The molecule has 1 aromatic carbocycles. The van der Waals surface area contributed by atoms with Crippen molar-refractivity contribution in [3.8, 4) is 5.75 Å². The van der Waals surface area contributed by atoms with E-state index in [2.05, 4.69) is 23.6 Å². The van der Waals surface area contributed by atoms with Crippen LogP contribution in [0.2, 0.25) is 5.02 Å². The summed E-state index contributed by atoms with van der Waals surface area (Å²) < 4.78 is 5.59. The van der Waals surface area contributed by atoms with Crippen LogP contribution in [0.4, 0.5) is 0 Å². The maximum Gasteiger partial charge on any atom is 0.119 e. The van der Waals surface area contributed by atoms with Crippen molar-refractivity contribution in [2.45, 2.75) is 20.0 Å². The summed E-state index contributed by atoms with van der Waals surface area (Å²) >= 11 is 5.83. The van der Waals surface area contributed by atoms with E-state index in [9.17, 15) is 5.11 Å². The van der Waals surface area contributed by atoms with Crippen molar-refractivity contribution in [2.75, 3.05) is 45.9 Å². The molecule has 5 heteroatoms. The standard InChI is InChI=1S/C17H27ClN2O2/c1-14(2)11-19-7-9-20(10-8-19)12-16(21)13-22-17-5-3-15(18)4-6-17/h3-6,14,16,21H,7-13H2,1-2H3. The Kier molecular flexibility index (Phi) is 6.96. The summed E-state index contributed by atoms with van der Waals surface area (Å²) in [6.07, 6.45) is -0.465. The van der Waals surface area contributed by atoms with Gasteiger partial charge in [-0.05, 0) is 30.2 Å². The molecule has 0 spiro atoms. The molecule has 124 valence electrons. The Balaban J connectivity index is 1.65. The lowest BCUT2D eigenvalue weighted by Crippen LogP contribution is -2.49. The van der Waals surface area contributed by atoms with Gasteiger partial charge in [0.1, 0.15) is 18.5 Å². The smallest absolute Gasteiger partial charge is 0.119 e. The third-order valence-electron chi connectivity index (χ3n) is 3.81. The highest BCUT2D eigenvalue weighted by molar-refractivity contribution is 6.30. The van der Waals surface area contributed by atoms with Crippen LogP contribution in [0.25, 0.3) is 0 Å². The Morgan fingerprint density at radius 1 is 1.05 bits per heavy atom. The molecule has 1 aliphatic heterocycles. The topological polar surface area (TPSA) is 35.9 Å². The van der Waals surface area contributed by atoms with Crippen molar-refractivity contribution in [2.24, 2.45) is 5.92 Å². The lowest BCUT2D eigenvalue weighted by Gasteiger charge is -2.36. The second-order valence-electron chi connectivity index (χ2n) is 6.41. The Labute approximate surface area is 138 Å².